The molecule has 0 radical (unpaired) electrons. The lowest BCUT2D eigenvalue weighted by Gasteiger charge is -2.06. The second-order valence-corrected chi connectivity index (χ2v) is 7.01. The molecule has 0 bridgehead atoms. The van der Waals surface area contributed by atoms with Crippen LogP contribution in [0.4, 0.5) is 0 Å². The molecule has 1 N–H and O–H groups in total. The van der Waals surface area contributed by atoms with E-state index in [0.29, 0.717) is 16.5 Å². The fraction of sp³-hybridized carbons (Fsp3) is 0.0625. The highest BCUT2D eigenvalue weighted by Crippen LogP contribution is 2.22. The third kappa shape index (κ3) is 2.72. The Kier molecular flexibility index (Phi) is 3.47. The standard InChI is InChI=1S/C16H11N3O3S/c1-23(21,22)14-7-6-10(8-11(14)9-17)15-18-13-5-3-2-4-12(13)16(20)19-15/h2-8H,1H3,(H,18,19,20). The summed E-state index contributed by atoms with van der Waals surface area (Å²) in [5.74, 6) is 0.283. The average molecular weight is 325 g/mol. The van der Waals surface area contributed by atoms with Crippen LogP contribution in [-0.4, -0.2) is 24.6 Å². The molecule has 0 atom stereocenters. The first kappa shape index (κ1) is 14.9. The van der Waals surface area contributed by atoms with Gasteiger partial charge in [0.05, 0.1) is 21.4 Å². The fourth-order valence-electron chi connectivity index (χ4n) is 2.31. The van der Waals surface area contributed by atoms with Gasteiger partial charge < -0.3 is 4.98 Å². The number of hydrogen-bond donors (Lipinski definition) is 1. The van der Waals surface area contributed by atoms with Gasteiger partial charge in [-0.15, -0.1) is 0 Å². The van der Waals surface area contributed by atoms with Crippen molar-refractivity contribution in [3.63, 3.8) is 0 Å². The molecule has 0 spiro atoms. The van der Waals surface area contributed by atoms with E-state index >= 15 is 0 Å². The predicted octanol–water partition coefficient (Wildman–Crippen LogP) is 1.87. The van der Waals surface area contributed by atoms with Gasteiger partial charge in [-0.05, 0) is 30.3 Å². The van der Waals surface area contributed by atoms with E-state index in [1.807, 2.05) is 6.07 Å². The fourth-order valence-corrected chi connectivity index (χ4v) is 3.13. The molecule has 7 heteroatoms. The van der Waals surface area contributed by atoms with Crippen molar-refractivity contribution in [1.82, 2.24) is 9.97 Å². The summed E-state index contributed by atoms with van der Waals surface area (Å²) in [7, 11) is -3.50. The van der Waals surface area contributed by atoms with Crippen LogP contribution in [0.3, 0.4) is 0 Å². The number of nitrogens with one attached hydrogen (secondary N) is 1. The van der Waals surface area contributed by atoms with Gasteiger partial charge in [-0.2, -0.15) is 5.26 Å². The molecule has 1 aromatic heterocycles. The first-order chi connectivity index (χ1) is 10.9. The normalized spacial score (nSPS) is 11.3. The molecule has 3 rings (SSSR count). The number of nitriles is 1. The number of sulfone groups is 1. The molecule has 0 aliphatic carbocycles. The van der Waals surface area contributed by atoms with Crippen molar-refractivity contribution in [2.24, 2.45) is 0 Å². The topological polar surface area (TPSA) is 104 Å². The number of benzene rings is 2. The van der Waals surface area contributed by atoms with E-state index in [0.717, 1.165) is 6.26 Å². The molecule has 0 aliphatic heterocycles. The van der Waals surface area contributed by atoms with Crippen molar-refractivity contribution in [3.8, 4) is 17.5 Å². The summed E-state index contributed by atoms with van der Waals surface area (Å²) in [6, 6.07) is 13.0. The van der Waals surface area contributed by atoms with Crippen LogP contribution >= 0.6 is 0 Å². The number of rotatable bonds is 2. The number of nitrogens with zero attached hydrogens (tertiary/aromatic N) is 2. The van der Waals surface area contributed by atoms with E-state index in [2.05, 4.69) is 9.97 Å². The van der Waals surface area contributed by atoms with E-state index < -0.39 is 9.84 Å². The Morgan fingerprint density at radius 2 is 1.91 bits per heavy atom. The maximum Gasteiger partial charge on any atom is 0.259 e. The SMILES string of the molecule is CS(=O)(=O)c1ccc(-c2nc3ccccc3c(=O)[nH]2)cc1C#N. The maximum atomic E-state index is 12.1. The van der Waals surface area contributed by atoms with Crippen LogP contribution in [0.25, 0.3) is 22.3 Å². The van der Waals surface area contributed by atoms with E-state index in [-0.39, 0.29) is 21.8 Å². The van der Waals surface area contributed by atoms with E-state index in [9.17, 15) is 18.5 Å². The first-order valence-electron chi connectivity index (χ1n) is 6.64. The molecular weight excluding hydrogens is 314 g/mol. The number of H-pyrrole nitrogens is 1. The van der Waals surface area contributed by atoms with Gasteiger partial charge in [-0.25, -0.2) is 13.4 Å². The monoisotopic (exact) mass is 325 g/mol. The Labute approximate surface area is 132 Å². The molecule has 0 fully saturated rings. The zero-order chi connectivity index (χ0) is 16.6. The third-order valence-corrected chi connectivity index (χ3v) is 4.54. The Hall–Kier alpha value is -2.98. The Morgan fingerprint density at radius 1 is 1.17 bits per heavy atom. The van der Waals surface area contributed by atoms with Gasteiger partial charge in [0, 0.05) is 11.8 Å². The van der Waals surface area contributed by atoms with Crippen LogP contribution < -0.4 is 5.56 Å². The van der Waals surface area contributed by atoms with Gasteiger partial charge in [-0.3, -0.25) is 4.79 Å². The van der Waals surface area contributed by atoms with Crippen molar-refractivity contribution >= 4 is 20.7 Å². The minimum absolute atomic E-state index is 0.0146. The van der Waals surface area contributed by atoms with Gasteiger partial charge in [0.15, 0.2) is 9.84 Å². The minimum atomic E-state index is -3.50. The summed E-state index contributed by atoms with van der Waals surface area (Å²) in [6.07, 6.45) is 1.04. The van der Waals surface area contributed by atoms with Crippen molar-refractivity contribution in [2.75, 3.05) is 6.26 Å². The largest absolute Gasteiger partial charge is 0.306 e. The molecule has 23 heavy (non-hydrogen) atoms. The summed E-state index contributed by atoms with van der Waals surface area (Å²) < 4.78 is 23.3. The summed E-state index contributed by atoms with van der Waals surface area (Å²) in [4.78, 5) is 19.1. The van der Waals surface area contributed by atoms with Crippen LogP contribution in [0.5, 0.6) is 0 Å². The van der Waals surface area contributed by atoms with Gasteiger partial charge in [0.1, 0.15) is 11.9 Å². The lowest BCUT2D eigenvalue weighted by molar-refractivity contribution is 0.601. The Balaban J connectivity index is 2.24. The molecule has 2 aromatic carbocycles. The predicted molar refractivity (Wildman–Crippen MR) is 85.6 cm³/mol. The van der Waals surface area contributed by atoms with Crippen LogP contribution in [0.15, 0.2) is 52.2 Å². The van der Waals surface area contributed by atoms with E-state index in [4.69, 9.17) is 0 Å². The van der Waals surface area contributed by atoms with E-state index in [1.165, 1.54) is 18.2 Å². The molecular formula is C16H11N3O3S. The highest BCUT2D eigenvalue weighted by molar-refractivity contribution is 7.90. The van der Waals surface area contributed by atoms with Crippen LogP contribution in [-0.2, 0) is 9.84 Å². The average Bonchev–Trinajstić information content (AvgIpc) is 2.53. The molecule has 0 unspecified atom stereocenters. The van der Waals surface area contributed by atoms with Crippen molar-refractivity contribution in [1.29, 1.82) is 5.26 Å². The Bertz CT molecular complexity index is 1130. The number of para-hydroxylation sites is 1. The Morgan fingerprint density at radius 3 is 2.61 bits per heavy atom. The zero-order valence-corrected chi connectivity index (χ0v) is 12.9. The first-order valence-corrected chi connectivity index (χ1v) is 8.53. The van der Waals surface area contributed by atoms with Crippen LogP contribution in [0, 0.1) is 11.3 Å². The summed E-state index contributed by atoms with van der Waals surface area (Å²) in [5.41, 5.74) is 0.714. The van der Waals surface area contributed by atoms with Gasteiger partial charge in [-0.1, -0.05) is 12.1 Å². The second kappa shape index (κ2) is 5.34. The molecule has 6 nitrogen and oxygen atoms in total. The zero-order valence-electron chi connectivity index (χ0n) is 12.1. The van der Waals surface area contributed by atoms with Crippen LogP contribution in [0.2, 0.25) is 0 Å². The molecule has 0 saturated carbocycles. The number of hydrogen-bond acceptors (Lipinski definition) is 5. The summed E-state index contributed by atoms with van der Waals surface area (Å²) in [5, 5.41) is 9.64. The number of aromatic amines is 1. The van der Waals surface area contributed by atoms with Gasteiger partial charge in [0.25, 0.3) is 5.56 Å². The number of aromatic nitrogens is 2. The highest BCUT2D eigenvalue weighted by atomic mass is 32.2. The third-order valence-electron chi connectivity index (χ3n) is 3.39. The molecule has 114 valence electrons. The van der Waals surface area contributed by atoms with Gasteiger partial charge in [0.2, 0.25) is 0 Å². The van der Waals surface area contributed by atoms with Crippen molar-refractivity contribution in [2.45, 2.75) is 4.90 Å². The molecule has 0 aliphatic rings. The lowest BCUT2D eigenvalue weighted by Crippen LogP contribution is -2.09. The number of fused-ring (bicyclic) bond motifs is 1. The quantitative estimate of drug-likeness (QED) is 0.774. The maximum absolute atomic E-state index is 12.1. The summed E-state index contributed by atoms with van der Waals surface area (Å²) >= 11 is 0. The molecule has 0 saturated heterocycles. The van der Waals surface area contributed by atoms with Crippen molar-refractivity contribution in [3.05, 3.63) is 58.4 Å². The molecule has 1 heterocycles. The van der Waals surface area contributed by atoms with Gasteiger partial charge >= 0.3 is 0 Å². The molecule has 3 aromatic rings. The van der Waals surface area contributed by atoms with Crippen LogP contribution in [0.1, 0.15) is 5.56 Å². The molecule has 0 amide bonds. The lowest BCUT2D eigenvalue weighted by atomic mass is 10.1. The smallest absolute Gasteiger partial charge is 0.259 e. The highest BCUT2D eigenvalue weighted by Gasteiger charge is 2.15. The van der Waals surface area contributed by atoms with Crippen molar-refractivity contribution < 1.29 is 8.42 Å². The second-order valence-electron chi connectivity index (χ2n) is 5.03. The minimum Gasteiger partial charge on any atom is -0.306 e. The van der Waals surface area contributed by atoms with E-state index in [1.54, 1.807) is 24.3 Å². The summed E-state index contributed by atoms with van der Waals surface area (Å²) in [6.45, 7) is 0.